The van der Waals surface area contributed by atoms with Crippen molar-refractivity contribution in [2.45, 2.75) is 51.6 Å². The van der Waals surface area contributed by atoms with Gasteiger partial charge >= 0.3 is 0 Å². The number of unbranched alkanes of at least 4 members (excludes halogenated alkanes) is 1. The Morgan fingerprint density at radius 3 is 2.91 bits per heavy atom. The average Bonchev–Trinajstić information content (AvgIpc) is 2.90. The summed E-state index contributed by atoms with van der Waals surface area (Å²) in [4.78, 5) is 19.5. The van der Waals surface area contributed by atoms with Gasteiger partial charge in [-0.05, 0) is 32.4 Å². The van der Waals surface area contributed by atoms with Crippen molar-refractivity contribution in [2.24, 2.45) is 0 Å². The number of H-pyrrole nitrogens is 1. The van der Waals surface area contributed by atoms with E-state index in [9.17, 15) is 4.79 Å². The number of nitrogens with one attached hydrogen (secondary N) is 4. The monoisotopic (exact) mass is 327 g/mol. The summed E-state index contributed by atoms with van der Waals surface area (Å²) in [6.45, 7) is 6.90. The van der Waals surface area contributed by atoms with Crippen LogP contribution in [-0.2, 0) is 6.42 Å². The molecule has 1 saturated heterocycles. The highest BCUT2D eigenvalue weighted by Gasteiger charge is 2.27. The second-order valence-electron chi connectivity index (χ2n) is 5.70. The summed E-state index contributed by atoms with van der Waals surface area (Å²) >= 11 is 6.00. The van der Waals surface area contributed by atoms with Crippen LogP contribution in [0, 0.1) is 0 Å². The molecule has 2 rings (SSSR count). The number of amides is 1. The third-order valence-corrected chi connectivity index (χ3v) is 4.34. The van der Waals surface area contributed by atoms with Crippen LogP contribution < -0.4 is 16.0 Å². The smallest absolute Gasteiger partial charge is 0.287 e. The molecule has 22 heavy (non-hydrogen) atoms. The molecule has 0 saturated carbocycles. The number of carbonyl (C=O) groups is 1. The molecule has 1 aromatic heterocycles. The Balaban J connectivity index is 1.95. The molecule has 1 aliphatic rings. The van der Waals surface area contributed by atoms with Gasteiger partial charge in [0.15, 0.2) is 11.0 Å². The first-order valence-electron chi connectivity index (χ1n) is 8.15. The molecule has 0 radical (unpaired) electrons. The van der Waals surface area contributed by atoms with Gasteiger partial charge in [-0.3, -0.25) is 4.79 Å². The number of aromatic nitrogens is 2. The van der Waals surface area contributed by atoms with Crippen LogP contribution >= 0.6 is 11.6 Å². The number of aromatic amines is 1. The van der Waals surface area contributed by atoms with Crippen LogP contribution in [0.15, 0.2) is 0 Å². The van der Waals surface area contributed by atoms with E-state index in [1.165, 1.54) is 0 Å². The highest BCUT2D eigenvalue weighted by Crippen LogP contribution is 2.13. The third-order valence-electron chi connectivity index (χ3n) is 4.03. The zero-order chi connectivity index (χ0) is 15.9. The van der Waals surface area contributed by atoms with Crippen LogP contribution in [0.1, 0.15) is 49.4 Å². The van der Waals surface area contributed by atoms with E-state index < -0.39 is 0 Å². The maximum Gasteiger partial charge on any atom is 0.287 e. The topological polar surface area (TPSA) is 81.8 Å². The SMILES string of the molecule is CCCCNC1CNCCC1NC(=O)c1nc(Cl)c(CC)[nH]1. The summed E-state index contributed by atoms with van der Waals surface area (Å²) in [6.07, 6.45) is 3.94. The van der Waals surface area contributed by atoms with Gasteiger partial charge in [0.25, 0.3) is 5.91 Å². The van der Waals surface area contributed by atoms with Crippen molar-refractivity contribution in [3.8, 4) is 0 Å². The van der Waals surface area contributed by atoms with E-state index in [4.69, 9.17) is 11.6 Å². The van der Waals surface area contributed by atoms with E-state index in [1.807, 2.05) is 6.92 Å². The maximum atomic E-state index is 12.4. The lowest BCUT2D eigenvalue weighted by atomic mass is 10.0. The lowest BCUT2D eigenvalue weighted by molar-refractivity contribution is 0.0908. The molecule has 1 amide bonds. The predicted molar refractivity (Wildman–Crippen MR) is 88.4 cm³/mol. The fourth-order valence-electron chi connectivity index (χ4n) is 2.68. The predicted octanol–water partition coefficient (Wildman–Crippen LogP) is 1.48. The minimum Gasteiger partial charge on any atom is -0.345 e. The lowest BCUT2D eigenvalue weighted by Gasteiger charge is -2.33. The van der Waals surface area contributed by atoms with Gasteiger partial charge in [-0.15, -0.1) is 0 Å². The van der Waals surface area contributed by atoms with Crippen LogP contribution in [0.5, 0.6) is 0 Å². The minimum absolute atomic E-state index is 0.111. The van der Waals surface area contributed by atoms with Gasteiger partial charge in [0.1, 0.15) is 0 Å². The van der Waals surface area contributed by atoms with E-state index in [1.54, 1.807) is 0 Å². The largest absolute Gasteiger partial charge is 0.345 e. The summed E-state index contributed by atoms with van der Waals surface area (Å²) in [5.41, 5.74) is 0.801. The molecule has 4 N–H and O–H groups in total. The quantitative estimate of drug-likeness (QED) is 0.572. The van der Waals surface area contributed by atoms with E-state index in [0.717, 1.165) is 51.0 Å². The summed E-state index contributed by atoms with van der Waals surface area (Å²) in [7, 11) is 0. The van der Waals surface area contributed by atoms with Gasteiger partial charge in [-0.1, -0.05) is 31.9 Å². The van der Waals surface area contributed by atoms with E-state index in [-0.39, 0.29) is 18.0 Å². The number of hydrogen-bond donors (Lipinski definition) is 4. The third kappa shape index (κ3) is 4.44. The Hall–Kier alpha value is -1.11. The molecule has 0 aromatic carbocycles. The summed E-state index contributed by atoms with van der Waals surface area (Å²) in [6, 6.07) is 0.361. The molecule has 1 fully saturated rings. The first-order chi connectivity index (χ1) is 10.7. The zero-order valence-electron chi connectivity index (χ0n) is 13.3. The van der Waals surface area contributed by atoms with Crippen molar-refractivity contribution in [3.63, 3.8) is 0 Å². The second-order valence-corrected chi connectivity index (χ2v) is 6.05. The molecule has 2 unspecified atom stereocenters. The van der Waals surface area contributed by atoms with E-state index in [2.05, 4.69) is 32.8 Å². The van der Waals surface area contributed by atoms with Gasteiger partial charge in [-0.25, -0.2) is 4.98 Å². The van der Waals surface area contributed by atoms with Crippen LogP contribution in [0.3, 0.4) is 0 Å². The highest BCUT2D eigenvalue weighted by atomic mass is 35.5. The molecular weight excluding hydrogens is 302 g/mol. The molecule has 1 aromatic rings. The Kier molecular flexibility index (Phi) is 6.67. The van der Waals surface area contributed by atoms with Crippen molar-refractivity contribution >= 4 is 17.5 Å². The second kappa shape index (κ2) is 8.50. The van der Waals surface area contributed by atoms with Crippen molar-refractivity contribution in [1.82, 2.24) is 25.9 Å². The summed E-state index contributed by atoms with van der Waals surface area (Å²) < 4.78 is 0. The number of imidazole rings is 1. The molecule has 0 aliphatic carbocycles. The van der Waals surface area contributed by atoms with Crippen molar-refractivity contribution in [2.75, 3.05) is 19.6 Å². The normalized spacial score (nSPS) is 21.8. The number of halogens is 1. The van der Waals surface area contributed by atoms with Gasteiger partial charge in [0.2, 0.25) is 0 Å². The molecule has 124 valence electrons. The van der Waals surface area contributed by atoms with Crippen LogP contribution in [0.4, 0.5) is 0 Å². The average molecular weight is 328 g/mol. The fourth-order valence-corrected chi connectivity index (χ4v) is 2.94. The molecule has 2 atom stereocenters. The van der Waals surface area contributed by atoms with Crippen molar-refractivity contribution < 1.29 is 4.79 Å². The van der Waals surface area contributed by atoms with Gasteiger partial charge in [0.05, 0.1) is 5.69 Å². The molecule has 1 aliphatic heterocycles. The Bertz CT molecular complexity index is 490. The maximum absolute atomic E-state index is 12.4. The van der Waals surface area contributed by atoms with Crippen molar-refractivity contribution in [3.05, 3.63) is 16.7 Å². The molecule has 0 bridgehead atoms. The van der Waals surface area contributed by atoms with Gasteiger partial charge in [-0.2, -0.15) is 0 Å². The lowest BCUT2D eigenvalue weighted by Crippen LogP contribution is -2.58. The Morgan fingerprint density at radius 2 is 2.23 bits per heavy atom. The number of aryl methyl sites for hydroxylation is 1. The number of piperidine rings is 1. The number of carbonyl (C=O) groups excluding carboxylic acids is 1. The molecule has 7 heteroatoms. The summed E-state index contributed by atoms with van der Waals surface area (Å²) in [5, 5.41) is 10.4. The van der Waals surface area contributed by atoms with Crippen LogP contribution in [0.2, 0.25) is 5.15 Å². The van der Waals surface area contributed by atoms with E-state index >= 15 is 0 Å². The number of hydrogen-bond acceptors (Lipinski definition) is 4. The minimum atomic E-state index is -0.184. The molecular formula is C15H26ClN5O. The number of nitrogens with zero attached hydrogens (tertiary/aromatic N) is 1. The van der Waals surface area contributed by atoms with Crippen LogP contribution in [0.25, 0.3) is 0 Å². The Labute approximate surface area is 136 Å². The first kappa shape index (κ1) is 17.2. The molecule has 0 spiro atoms. The van der Waals surface area contributed by atoms with Gasteiger partial charge < -0.3 is 20.9 Å². The Morgan fingerprint density at radius 1 is 1.41 bits per heavy atom. The van der Waals surface area contributed by atoms with E-state index in [0.29, 0.717) is 11.0 Å². The fraction of sp³-hybridized carbons (Fsp3) is 0.733. The van der Waals surface area contributed by atoms with Crippen molar-refractivity contribution in [1.29, 1.82) is 0 Å². The standard InChI is InChI=1S/C15H26ClN5O/c1-3-5-7-18-12-9-17-8-6-11(12)20-15(22)14-19-10(4-2)13(16)21-14/h11-12,17-18H,3-9H2,1-2H3,(H,19,21)(H,20,22). The highest BCUT2D eigenvalue weighted by molar-refractivity contribution is 6.30. The molecule has 2 heterocycles. The molecule has 6 nitrogen and oxygen atoms in total. The van der Waals surface area contributed by atoms with Gasteiger partial charge in [0, 0.05) is 18.6 Å². The zero-order valence-corrected chi connectivity index (χ0v) is 14.1. The number of rotatable bonds is 7. The summed E-state index contributed by atoms with van der Waals surface area (Å²) in [5.74, 6) is 0.114. The van der Waals surface area contributed by atoms with Crippen LogP contribution in [-0.4, -0.2) is 47.6 Å². The first-order valence-corrected chi connectivity index (χ1v) is 8.52.